The van der Waals surface area contributed by atoms with Crippen molar-refractivity contribution < 1.29 is 14.4 Å². The van der Waals surface area contributed by atoms with Crippen molar-refractivity contribution in [3.63, 3.8) is 0 Å². The summed E-state index contributed by atoms with van der Waals surface area (Å²) in [6.45, 7) is 4.16. The van der Waals surface area contributed by atoms with Gasteiger partial charge < -0.3 is 20.9 Å². The lowest BCUT2D eigenvalue weighted by Crippen LogP contribution is -2.55. The maximum absolute atomic E-state index is 12.2. The van der Waals surface area contributed by atoms with Crippen LogP contribution in [0, 0.1) is 0 Å². The van der Waals surface area contributed by atoms with Crippen LogP contribution in [0.1, 0.15) is 45.4 Å². The maximum Gasteiger partial charge on any atom is 0.240 e. The summed E-state index contributed by atoms with van der Waals surface area (Å²) in [4.78, 5) is 39.1. The van der Waals surface area contributed by atoms with Gasteiger partial charge in [-0.05, 0) is 12.8 Å². The van der Waals surface area contributed by atoms with Crippen LogP contribution in [0.2, 0.25) is 0 Å². The van der Waals surface area contributed by atoms with Gasteiger partial charge in [0.1, 0.15) is 0 Å². The molecular weight excluding hydrogens is 296 g/mol. The fraction of sp³-hybridized carbons (Fsp3) is 0.812. The number of nitrogens with two attached hydrogens (primary N) is 1. The second-order valence-corrected chi connectivity index (χ2v) is 6.61. The van der Waals surface area contributed by atoms with E-state index in [1.165, 1.54) is 0 Å². The molecule has 1 saturated heterocycles. The minimum Gasteiger partial charge on any atom is -0.354 e. The molecule has 130 valence electrons. The van der Waals surface area contributed by atoms with Gasteiger partial charge in [0.2, 0.25) is 17.7 Å². The first-order valence-corrected chi connectivity index (χ1v) is 8.53. The number of hydrogen-bond donors (Lipinski definition) is 2. The standard InChI is InChI=1S/C16H28N4O3/c1-13(21)19-9-11-20(12-10-19)14(22)5-8-18-15(23)16(17)6-3-2-4-7-16/h2-12,17H2,1H3,(H,18,23). The smallest absolute Gasteiger partial charge is 0.240 e. The third-order valence-electron chi connectivity index (χ3n) is 4.90. The molecule has 0 aromatic heterocycles. The van der Waals surface area contributed by atoms with Gasteiger partial charge in [-0.2, -0.15) is 0 Å². The largest absolute Gasteiger partial charge is 0.354 e. The third kappa shape index (κ3) is 4.67. The van der Waals surface area contributed by atoms with E-state index in [0.717, 1.165) is 32.1 Å². The molecule has 3 N–H and O–H groups in total. The highest BCUT2D eigenvalue weighted by molar-refractivity contribution is 5.86. The molecule has 0 unspecified atom stereocenters. The van der Waals surface area contributed by atoms with Crippen LogP contribution in [0.4, 0.5) is 0 Å². The quantitative estimate of drug-likeness (QED) is 0.751. The van der Waals surface area contributed by atoms with E-state index in [2.05, 4.69) is 5.32 Å². The second kappa shape index (κ2) is 7.77. The Bertz CT molecular complexity index is 452. The van der Waals surface area contributed by atoms with Crippen LogP contribution in [-0.2, 0) is 14.4 Å². The molecule has 0 aromatic rings. The average Bonchev–Trinajstić information content (AvgIpc) is 2.55. The molecule has 1 aliphatic carbocycles. The second-order valence-electron chi connectivity index (χ2n) is 6.61. The van der Waals surface area contributed by atoms with Crippen LogP contribution < -0.4 is 11.1 Å². The number of amides is 3. The number of nitrogens with one attached hydrogen (secondary N) is 1. The zero-order chi connectivity index (χ0) is 16.9. The lowest BCUT2D eigenvalue weighted by molar-refractivity contribution is -0.138. The molecule has 3 amide bonds. The van der Waals surface area contributed by atoms with E-state index in [0.29, 0.717) is 32.7 Å². The van der Waals surface area contributed by atoms with Crippen LogP contribution in [0.15, 0.2) is 0 Å². The predicted molar refractivity (Wildman–Crippen MR) is 86.5 cm³/mol. The Hall–Kier alpha value is -1.63. The van der Waals surface area contributed by atoms with E-state index in [-0.39, 0.29) is 24.1 Å². The number of rotatable bonds is 4. The molecule has 0 atom stereocenters. The average molecular weight is 324 g/mol. The van der Waals surface area contributed by atoms with E-state index in [9.17, 15) is 14.4 Å². The van der Waals surface area contributed by atoms with E-state index >= 15 is 0 Å². The summed E-state index contributed by atoms with van der Waals surface area (Å²) in [6, 6.07) is 0. The van der Waals surface area contributed by atoms with Crippen molar-refractivity contribution in [3.05, 3.63) is 0 Å². The van der Waals surface area contributed by atoms with E-state index in [4.69, 9.17) is 5.73 Å². The van der Waals surface area contributed by atoms with Crippen LogP contribution in [-0.4, -0.2) is 65.8 Å². The van der Waals surface area contributed by atoms with E-state index in [1.54, 1.807) is 16.7 Å². The summed E-state index contributed by atoms with van der Waals surface area (Å²) in [6.07, 6.45) is 4.84. The van der Waals surface area contributed by atoms with Crippen molar-refractivity contribution in [1.82, 2.24) is 15.1 Å². The van der Waals surface area contributed by atoms with Gasteiger partial charge in [0.25, 0.3) is 0 Å². The van der Waals surface area contributed by atoms with Crippen molar-refractivity contribution in [3.8, 4) is 0 Å². The molecule has 1 aliphatic heterocycles. The summed E-state index contributed by atoms with van der Waals surface area (Å²) in [5.74, 6) is -0.0697. The van der Waals surface area contributed by atoms with Crippen molar-refractivity contribution in [1.29, 1.82) is 0 Å². The van der Waals surface area contributed by atoms with Gasteiger partial charge in [0.05, 0.1) is 5.54 Å². The van der Waals surface area contributed by atoms with Gasteiger partial charge in [0, 0.05) is 46.1 Å². The number of piperazine rings is 1. The highest BCUT2D eigenvalue weighted by Gasteiger charge is 2.35. The molecule has 7 nitrogen and oxygen atoms in total. The Morgan fingerprint density at radius 1 is 1.00 bits per heavy atom. The zero-order valence-corrected chi connectivity index (χ0v) is 14.0. The molecule has 7 heteroatoms. The monoisotopic (exact) mass is 324 g/mol. The van der Waals surface area contributed by atoms with Crippen molar-refractivity contribution >= 4 is 17.7 Å². The molecule has 2 aliphatic rings. The SMILES string of the molecule is CC(=O)N1CCN(C(=O)CCNC(=O)C2(N)CCCCC2)CC1. The zero-order valence-electron chi connectivity index (χ0n) is 14.0. The molecular formula is C16H28N4O3. The lowest BCUT2D eigenvalue weighted by atomic mass is 9.82. The summed E-state index contributed by atoms with van der Waals surface area (Å²) < 4.78 is 0. The van der Waals surface area contributed by atoms with Crippen LogP contribution in [0.3, 0.4) is 0 Å². The summed E-state index contributed by atoms with van der Waals surface area (Å²) in [5, 5.41) is 2.81. The van der Waals surface area contributed by atoms with E-state index < -0.39 is 5.54 Å². The maximum atomic E-state index is 12.2. The number of carbonyl (C=O) groups excluding carboxylic acids is 3. The fourth-order valence-corrected chi connectivity index (χ4v) is 3.30. The summed E-state index contributed by atoms with van der Waals surface area (Å²) >= 11 is 0. The molecule has 1 saturated carbocycles. The highest BCUT2D eigenvalue weighted by atomic mass is 16.2. The predicted octanol–water partition coefficient (Wildman–Crippen LogP) is -0.155. The lowest BCUT2D eigenvalue weighted by Gasteiger charge is -2.34. The van der Waals surface area contributed by atoms with Crippen molar-refractivity contribution in [2.75, 3.05) is 32.7 Å². The molecule has 0 bridgehead atoms. The van der Waals surface area contributed by atoms with Crippen LogP contribution in [0.25, 0.3) is 0 Å². The van der Waals surface area contributed by atoms with Gasteiger partial charge >= 0.3 is 0 Å². The molecule has 0 aromatic carbocycles. The molecule has 0 spiro atoms. The fourth-order valence-electron chi connectivity index (χ4n) is 3.30. The number of hydrogen-bond acceptors (Lipinski definition) is 4. The van der Waals surface area contributed by atoms with E-state index in [1.807, 2.05) is 0 Å². The highest BCUT2D eigenvalue weighted by Crippen LogP contribution is 2.25. The Morgan fingerprint density at radius 3 is 2.13 bits per heavy atom. The normalized spacial score (nSPS) is 21.0. The molecule has 0 radical (unpaired) electrons. The molecule has 2 rings (SSSR count). The summed E-state index contributed by atoms with van der Waals surface area (Å²) in [5.41, 5.74) is 5.41. The molecule has 2 fully saturated rings. The van der Waals surface area contributed by atoms with Gasteiger partial charge in [-0.15, -0.1) is 0 Å². The Kier molecular flexibility index (Phi) is 5.98. The Balaban J connectivity index is 1.69. The van der Waals surface area contributed by atoms with Gasteiger partial charge in [-0.25, -0.2) is 0 Å². The Labute approximate surface area is 137 Å². The molecule has 1 heterocycles. The third-order valence-corrected chi connectivity index (χ3v) is 4.90. The molecule has 23 heavy (non-hydrogen) atoms. The first-order valence-electron chi connectivity index (χ1n) is 8.53. The Morgan fingerprint density at radius 2 is 1.57 bits per heavy atom. The van der Waals surface area contributed by atoms with Gasteiger partial charge in [-0.1, -0.05) is 19.3 Å². The van der Waals surface area contributed by atoms with Crippen LogP contribution in [0.5, 0.6) is 0 Å². The number of nitrogens with zero attached hydrogens (tertiary/aromatic N) is 2. The van der Waals surface area contributed by atoms with Crippen molar-refractivity contribution in [2.45, 2.75) is 51.0 Å². The van der Waals surface area contributed by atoms with Crippen molar-refractivity contribution in [2.24, 2.45) is 5.73 Å². The summed E-state index contributed by atoms with van der Waals surface area (Å²) in [7, 11) is 0. The minimum absolute atomic E-state index is 0.0169. The van der Waals surface area contributed by atoms with Gasteiger partial charge in [0.15, 0.2) is 0 Å². The number of carbonyl (C=O) groups is 3. The minimum atomic E-state index is -0.756. The first kappa shape index (κ1) is 17.7. The van der Waals surface area contributed by atoms with Crippen LogP contribution >= 0.6 is 0 Å². The van der Waals surface area contributed by atoms with Gasteiger partial charge in [-0.3, -0.25) is 14.4 Å². The topological polar surface area (TPSA) is 95.7 Å². The first-order chi connectivity index (χ1) is 10.9.